The van der Waals surface area contributed by atoms with Gasteiger partial charge in [0.1, 0.15) is 5.60 Å². The van der Waals surface area contributed by atoms with E-state index in [-0.39, 0.29) is 12.1 Å². The van der Waals surface area contributed by atoms with Gasteiger partial charge in [0, 0.05) is 32.2 Å². The highest BCUT2D eigenvalue weighted by Gasteiger charge is 2.35. The largest absolute Gasteiger partial charge is 0.444 e. The van der Waals surface area contributed by atoms with E-state index in [1.165, 1.54) is 12.8 Å². The summed E-state index contributed by atoms with van der Waals surface area (Å²) in [6.07, 6.45) is 4.14. The number of carbonyl (C=O) groups is 1. The van der Waals surface area contributed by atoms with E-state index in [1.54, 1.807) is 0 Å². The number of ether oxygens (including phenoxy) is 1. The first-order valence-electron chi connectivity index (χ1n) is 8.84. The van der Waals surface area contributed by atoms with Gasteiger partial charge in [-0.1, -0.05) is 0 Å². The number of nitrogens with zero attached hydrogens (tertiary/aromatic N) is 3. The summed E-state index contributed by atoms with van der Waals surface area (Å²) in [5, 5.41) is 0. The van der Waals surface area contributed by atoms with Crippen LogP contribution in [0, 0.1) is 5.92 Å². The Labute approximate surface area is 140 Å². The molecule has 1 aliphatic carbocycles. The maximum atomic E-state index is 12.6. The monoisotopic (exact) mass is 324 g/mol. The van der Waals surface area contributed by atoms with Crippen LogP contribution in [-0.2, 0) is 4.74 Å². The molecule has 132 valence electrons. The Kier molecular flexibility index (Phi) is 5.76. The fraction of sp³-hybridized carbons (Fsp3) is 0.882. The zero-order valence-electron chi connectivity index (χ0n) is 15.0. The van der Waals surface area contributed by atoms with Crippen molar-refractivity contribution in [3.63, 3.8) is 0 Å². The predicted molar refractivity (Wildman–Crippen MR) is 92.4 cm³/mol. The van der Waals surface area contributed by atoms with Gasteiger partial charge < -0.3 is 20.3 Å². The number of nitrogens with two attached hydrogens (primary N) is 1. The first-order valence-corrected chi connectivity index (χ1v) is 8.84. The van der Waals surface area contributed by atoms with E-state index in [2.05, 4.69) is 9.89 Å². The molecular formula is C17H32N4O2. The third-order valence-corrected chi connectivity index (χ3v) is 4.33. The second-order valence-electron chi connectivity index (χ2n) is 7.63. The second-order valence-corrected chi connectivity index (χ2v) is 7.63. The number of likely N-dealkylation sites (tertiary alicyclic amines) is 1. The number of rotatable bonds is 4. The standard InChI is InChI=1S/C17H32N4O2/c1-5-19-15(18)20-10-8-14(9-11-20)21(12-13-6-7-13)16(22)23-17(2,3)4/h13-14H,5-12H2,1-4H3,(H2,18,19). The molecule has 2 rings (SSSR count). The molecule has 6 nitrogen and oxygen atoms in total. The van der Waals surface area contributed by atoms with E-state index >= 15 is 0 Å². The lowest BCUT2D eigenvalue weighted by Crippen LogP contribution is -2.51. The maximum Gasteiger partial charge on any atom is 0.410 e. The molecule has 0 aromatic carbocycles. The van der Waals surface area contributed by atoms with Crippen LogP contribution in [-0.4, -0.2) is 59.7 Å². The fourth-order valence-electron chi connectivity index (χ4n) is 2.94. The Bertz CT molecular complexity index is 432. The molecule has 2 aliphatic rings. The molecule has 1 saturated carbocycles. The predicted octanol–water partition coefficient (Wildman–Crippen LogP) is 2.43. The Morgan fingerprint density at radius 2 is 1.87 bits per heavy atom. The molecule has 2 fully saturated rings. The van der Waals surface area contributed by atoms with Crippen LogP contribution >= 0.6 is 0 Å². The zero-order valence-corrected chi connectivity index (χ0v) is 15.0. The van der Waals surface area contributed by atoms with Gasteiger partial charge in [-0.15, -0.1) is 0 Å². The van der Waals surface area contributed by atoms with Gasteiger partial charge in [0.05, 0.1) is 0 Å². The van der Waals surface area contributed by atoms with Crippen LogP contribution < -0.4 is 5.73 Å². The number of piperidine rings is 1. The van der Waals surface area contributed by atoms with Crippen molar-refractivity contribution in [3.05, 3.63) is 0 Å². The highest BCUT2D eigenvalue weighted by molar-refractivity contribution is 5.78. The fourth-order valence-corrected chi connectivity index (χ4v) is 2.94. The Balaban J connectivity index is 1.95. The molecule has 2 N–H and O–H groups in total. The van der Waals surface area contributed by atoms with Gasteiger partial charge in [0.25, 0.3) is 0 Å². The average molecular weight is 324 g/mol. The highest BCUT2D eigenvalue weighted by Crippen LogP contribution is 2.32. The lowest BCUT2D eigenvalue weighted by atomic mass is 10.0. The smallest absolute Gasteiger partial charge is 0.410 e. The van der Waals surface area contributed by atoms with Crippen LogP contribution in [0.15, 0.2) is 4.99 Å². The van der Waals surface area contributed by atoms with Crippen molar-refractivity contribution >= 4 is 12.1 Å². The molecular weight excluding hydrogens is 292 g/mol. The van der Waals surface area contributed by atoms with Crippen LogP contribution in [0.25, 0.3) is 0 Å². The number of amides is 1. The molecule has 6 heteroatoms. The molecule has 1 saturated heterocycles. The van der Waals surface area contributed by atoms with Crippen LogP contribution in [0.4, 0.5) is 4.79 Å². The SMILES string of the molecule is CCN=C(N)N1CCC(N(CC2CC2)C(=O)OC(C)(C)C)CC1. The van der Waals surface area contributed by atoms with Crippen molar-refractivity contribution < 1.29 is 9.53 Å². The number of aliphatic imine (C=N–C) groups is 1. The minimum absolute atomic E-state index is 0.168. The number of hydrogen-bond donors (Lipinski definition) is 1. The molecule has 23 heavy (non-hydrogen) atoms. The molecule has 0 bridgehead atoms. The van der Waals surface area contributed by atoms with Gasteiger partial charge in [0.15, 0.2) is 5.96 Å². The molecule has 0 aromatic rings. The van der Waals surface area contributed by atoms with Crippen LogP contribution in [0.5, 0.6) is 0 Å². The topological polar surface area (TPSA) is 71.2 Å². The maximum absolute atomic E-state index is 12.6. The molecule has 0 unspecified atom stereocenters. The lowest BCUT2D eigenvalue weighted by Gasteiger charge is -2.39. The van der Waals surface area contributed by atoms with Gasteiger partial charge in [-0.25, -0.2) is 4.79 Å². The van der Waals surface area contributed by atoms with Crippen molar-refractivity contribution in [2.45, 2.75) is 65.0 Å². The minimum atomic E-state index is -0.447. The summed E-state index contributed by atoms with van der Waals surface area (Å²) in [6.45, 7) is 11.0. The second kappa shape index (κ2) is 7.41. The normalized spacial score (nSPS) is 20.5. The molecule has 0 aromatic heterocycles. The third kappa shape index (κ3) is 5.59. The Morgan fingerprint density at radius 3 is 2.35 bits per heavy atom. The average Bonchev–Trinajstić information content (AvgIpc) is 3.27. The highest BCUT2D eigenvalue weighted by atomic mass is 16.6. The summed E-state index contributed by atoms with van der Waals surface area (Å²) in [5.41, 5.74) is 5.54. The quantitative estimate of drug-likeness (QED) is 0.637. The molecule has 1 aliphatic heterocycles. The van der Waals surface area contributed by atoms with E-state index in [0.29, 0.717) is 18.4 Å². The number of guanidine groups is 1. The van der Waals surface area contributed by atoms with Crippen LogP contribution in [0.2, 0.25) is 0 Å². The summed E-state index contributed by atoms with van der Waals surface area (Å²) in [6, 6.07) is 0.246. The summed E-state index contributed by atoms with van der Waals surface area (Å²) < 4.78 is 5.62. The lowest BCUT2D eigenvalue weighted by molar-refractivity contribution is 0.00935. The van der Waals surface area contributed by atoms with Crippen LogP contribution in [0.1, 0.15) is 53.4 Å². The summed E-state index contributed by atoms with van der Waals surface area (Å²) in [7, 11) is 0. The first kappa shape index (κ1) is 17.9. The minimum Gasteiger partial charge on any atom is -0.444 e. The Morgan fingerprint density at radius 1 is 1.26 bits per heavy atom. The summed E-state index contributed by atoms with van der Waals surface area (Å²) in [5.74, 6) is 1.28. The van der Waals surface area contributed by atoms with Gasteiger partial charge in [0.2, 0.25) is 0 Å². The van der Waals surface area contributed by atoms with E-state index in [4.69, 9.17) is 10.5 Å². The van der Waals surface area contributed by atoms with Crippen LogP contribution in [0.3, 0.4) is 0 Å². The Hall–Kier alpha value is -1.46. The third-order valence-electron chi connectivity index (χ3n) is 4.33. The van der Waals surface area contributed by atoms with Gasteiger partial charge in [-0.3, -0.25) is 4.99 Å². The summed E-state index contributed by atoms with van der Waals surface area (Å²) >= 11 is 0. The van der Waals surface area contributed by atoms with E-state index in [9.17, 15) is 4.79 Å². The number of hydrogen-bond acceptors (Lipinski definition) is 3. The van der Waals surface area contributed by atoms with Crippen molar-refractivity contribution in [3.8, 4) is 0 Å². The molecule has 0 spiro atoms. The number of carbonyl (C=O) groups excluding carboxylic acids is 1. The van der Waals surface area contributed by atoms with Gasteiger partial charge in [-0.2, -0.15) is 0 Å². The summed E-state index contributed by atoms with van der Waals surface area (Å²) in [4.78, 5) is 20.9. The molecule has 1 amide bonds. The molecule has 0 atom stereocenters. The van der Waals surface area contributed by atoms with Crippen molar-refractivity contribution in [2.24, 2.45) is 16.6 Å². The van der Waals surface area contributed by atoms with Gasteiger partial charge in [-0.05, 0) is 59.3 Å². The molecule has 0 radical (unpaired) electrons. The van der Waals surface area contributed by atoms with Crippen molar-refractivity contribution in [1.82, 2.24) is 9.80 Å². The van der Waals surface area contributed by atoms with E-state index in [1.807, 2.05) is 32.6 Å². The first-order chi connectivity index (χ1) is 10.8. The zero-order chi connectivity index (χ0) is 17.0. The van der Waals surface area contributed by atoms with E-state index < -0.39 is 5.60 Å². The van der Waals surface area contributed by atoms with Gasteiger partial charge >= 0.3 is 6.09 Å². The molecule has 1 heterocycles. The van der Waals surface area contributed by atoms with E-state index in [0.717, 1.165) is 32.5 Å². The van der Waals surface area contributed by atoms with Crippen molar-refractivity contribution in [1.29, 1.82) is 0 Å². The van der Waals surface area contributed by atoms with Crippen molar-refractivity contribution in [2.75, 3.05) is 26.2 Å².